The zero-order chi connectivity index (χ0) is 17.5. The third kappa shape index (κ3) is 5.70. The van der Waals surface area contributed by atoms with Gasteiger partial charge in [0.25, 0.3) is 0 Å². The SMILES string of the molecule is CCCCCCCCCC1CC1c1cncc(OCC2CCN2C)c1. The number of likely N-dealkylation sites (tertiary alicyclic amines) is 1. The van der Waals surface area contributed by atoms with Crippen LogP contribution in [0.2, 0.25) is 0 Å². The maximum Gasteiger partial charge on any atom is 0.137 e. The second-order valence-electron chi connectivity index (χ2n) is 8.20. The van der Waals surface area contributed by atoms with E-state index in [-0.39, 0.29) is 0 Å². The van der Waals surface area contributed by atoms with Crippen molar-refractivity contribution in [3.63, 3.8) is 0 Å². The lowest BCUT2D eigenvalue weighted by atomic mass is 10.0. The number of rotatable bonds is 12. The minimum atomic E-state index is 0.592. The fraction of sp³-hybridized carbons (Fsp3) is 0.773. The number of pyridine rings is 1. The Kier molecular flexibility index (Phi) is 7.15. The number of ether oxygens (including phenoxy) is 1. The Hall–Kier alpha value is -1.09. The Bertz CT molecular complexity index is 519. The van der Waals surface area contributed by atoms with Gasteiger partial charge >= 0.3 is 0 Å². The number of unbranched alkanes of at least 4 members (excludes halogenated alkanes) is 6. The molecule has 3 heteroatoms. The lowest BCUT2D eigenvalue weighted by molar-refractivity contribution is 0.0767. The van der Waals surface area contributed by atoms with Gasteiger partial charge in [-0.1, -0.05) is 51.9 Å². The molecule has 1 aromatic heterocycles. The third-order valence-electron chi connectivity index (χ3n) is 6.14. The minimum Gasteiger partial charge on any atom is -0.490 e. The van der Waals surface area contributed by atoms with Crippen LogP contribution in [0, 0.1) is 5.92 Å². The van der Waals surface area contributed by atoms with Crippen LogP contribution in [-0.4, -0.2) is 36.1 Å². The normalized spacial score (nSPS) is 25.6. The summed E-state index contributed by atoms with van der Waals surface area (Å²) in [4.78, 5) is 6.78. The molecule has 3 rings (SSSR count). The van der Waals surface area contributed by atoms with Gasteiger partial charge in [-0.2, -0.15) is 0 Å². The number of likely N-dealkylation sites (N-methyl/N-ethyl adjacent to an activating group) is 1. The zero-order valence-corrected chi connectivity index (χ0v) is 16.3. The standard InChI is InChI=1S/C22H36N2O/c1-3-4-5-6-7-8-9-10-18-14-22(18)19-13-21(16-23-15-19)25-17-20-11-12-24(20)2/h13,15-16,18,20,22H,3-12,14,17H2,1-2H3. The van der Waals surface area contributed by atoms with Crippen LogP contribution in [0.4, 0.5) is 0 Å². The highest BCUT2D eigenvalue weighted by Crippen LogP contribution is 2.50. The van der Waals surface area contributed by atoms with Crippen molar-refractivity contribution in [2.24, 2.45) is 5.92 Å². The predicted octanol–water partition coefficient (Wildman–Crippen LogP) is 5.41. The van der Waals surface area contributed by atoms with Gasteiger partial charge in [0.1, 0.15) is 12.4 Å². The fourth-order valence-corrected chi connectivity index (χ4v) is 4.03. The predicted molar refractivity (Wildman–Crippen MR) is 104 cm³/mol. The van der Waals surface area contributed by atoms with E-state index < -0.39 is 0 Å². The van der Waals surface area contributed by atoms with Crippen LogP contribution in [0.3, 0.4) is 0 Å². The van der Waals surface area contributed by atoms with E-state index in [2.05, 4.69) is 36.1 Å². The van der Waals surface area contributed by atoms with Gasteiger partial charge in [-0.3, -0.25) is 9.88 Å². The Morgan fingerprint density at radius 3 is 2.64 bits per heavy atom. The van der Waals surface area contributed by atoms with Gasteiger partial charge < -0.3 is 4.74 Å². The first kappa shape index (κ1) is 18.7. The van der Waals surface area contributed by atoms with Crippen molar-refractivity contribution in [1.82, 2.24) is 9.88 Å². The summed E-state index contributed by atoms with van der Waals surface area (Å²) in [5.41, 5.74) is 1.40. The first-order chi connectivity index (χ1) is 12.3. The van der Waals surface area contributed by atoms with Crippen LogP contribution in [0.25, 0.3) is 0 Å². The molecular weight excluding hydrogens is 308 g/mol. The quantitative estimate of drug-likeness (QED) is 0.474. The molecule has 3 atom stereocenters. The van der Waals surface area contributed by atoms with Crippen LogP contribution in [0.1, 0.15) is 82.6 Å². The van der Waals surface area contributed by atoms with E-state index in [9.17, 15) is 0 Å². The summed E-state index contributed by atoms with van der Waals surface area (Å²) in [7, 11) is 2.17. The molecule has 0 bridgehead atoms. The Morgan fingerprint density at radius 2 is 1.92 bits per heavy atom. The molecule has 0 spiro atoms. The minimum absolute atomic E-state index is 0.592. The molecular formula is C22H36N2O. The average Bonchev–Trinajstić information content (AvgIpc) is 3.40. The van der Waals surface area contributed by atoms with E-state index in [1.165, 1.54) is 76.3 Å². The van der Waals surface area contributed by atoms with Crippen molar-refractivity contribution in [3.8, 4) is 5.75 Å². The lowest BCUT2D eigenvalue weighted by Crippen LogP contribution is -2.48. The van der Waals surface area contributed by atoms with Crippen LogP contribution in [0.5, 0.6) is 5.75 Å². The molecule has 2 aliphatic rings. The molecule has 1 saturated carbocycles. The van der Waals surface area contributed by atoms with Crippen molar-refractivity contribution in [2.75, 3.05) is 20.2 Å². The van der Waals surface area contributed by atoms with Gasteiger partial charge in [0.2, 0.25) is 0 Å². The van der Waals surface area contributed by atoms with E-state index in [1.807, 2.05) is 6.20 Å². The van der Waals surface area contributed by atoms with Gasteiger partial charge in [-0.25, -0.2) is 0 Å². The molecule has 1 aliphatic carbocycles. The van der Waals surface area contributed by atoms with Gasteiger partial charge in [-0.15, -0.1) is 0 Å². The summed E-state index contributed by atoms with van der Waals surface area (Å²) >= 11 is 0. The third-order valence-corrected chi connectivity index (χ3v) is 6.14. The van der Waals surface area contributed by atoms with Crippen LogP contribution >= 0.6 is 0 Å². The van der Waals surface area contributed by atoms with Crippen LogP contribution in [-0.2, 0) is 0 Å². The molecule has 0 aromatic carbocycles. The molecule has 25 heavy (non-hydrogen) atoms. The highest BCUT2D eigenvalue weighted by molar-refractivity contribution is 5.30. The molecule has 0 amide bonds. The fourth-order valence-electron chi connectivity index (χ4n) is 4.03. The summed E-state index contributed by atoms with van der Waals surface area (Å²) in [5, 5.41) is 0. The molecule has 2 heterocycles. The topological polar surface area (TPSA) is 25.4 Å². The molecule has 1 aromatic rings. The van der Waals surface area contributed by atoms with Crippen molar-refractivity contribution < 1.29 is 4.74 Å². The van der Waals surface area contributed by atoms with Crippen LogP contribution < -0.4 is 4.74 Å². The molecule has 1 saturated heterocycles. The molecule has 1 aliphatic heterocycles. The maximum atomic E-state index is 5.98. The highest BCUT2D eigenvalue weighted by atomic mass is 16.5. The Morgan fingerprint density at radius 1 is 1.12 bits per heavy atom. The smallest absolute Gasteiger partial charge is 0.137 e. The first-order valence-electron chi connectivity index (χ1n) is 10.6. The van der Waals surface area contributed by atoms with Crippen molar-refractivity contribution in [2.45, 2.75) is 83.1 Å². The Balaban J connectivity index is 1.32. The van der Waals surface area contributed by atoms with Gasteiger partial charge in [0.05, 0.1) is 6.20 Å². The van der Waals surface area contributed by atoms with Gasteiger partial charge in [-0.05, 0) is 56.3 Å². The molecule has 140 valence electrons. The number of hydrogen-bond donors (Lipinski definition) is 0. The van der Waals surface area contributed by atoms with E-state index in [4.69, 9.17) is 4.74 Å². The van der Waals surface area contributed by atoms with E-state index in [1.54, 1.807) is 0 Å². The number of aromatic nitrogens is 1. The molecule has 3 nitrogen and oxygen atoms in total. The largest absolute Gasteiger partial charge is 0.490 e. The lowest BCUT2D eigenvalue weighted by Gasteiger charge is -2.37. The second kappa shape index (κ2) is 9.56. The summed E-state index contributed by atoms with van der Waals surface area (Å²) in [6.07, 6.45) is 17.8. The molecule has 3 unspecified atom stereocenters. The zero-order valence-electron chi connectivity index (χ0n) is 16.3. The summed E-state index contributed by atoms with van der Waals surface area (Å²) < 4.78 is 5.98. The molecule has 0 N–H and O–H groups in total. The van der Waals surface area contributed by atoms with E-state index in [0.717, 1.165) is 24.2 Å². The average molecular weight is 345 g/mol. The monoisotopic (exact) mass is 344 g/mol. The second-order valence-corrected chi connectivity index (χ2v) is 8.20. The van der Waals surface area contributed by atoms with Gasteiger partial charge in [0.15, 0.2) is 0 Å². The number of hydrogen-bond acceptors (Lipinski definition) is 3. The van der Waals surface area contributed by atoms with E-state index >= 15 is 0 Å². The first-order valence-corrected chi connectivity index (χ1v) is 10.6. The van der Waals surface area contributed by atoms with Crippen molar-refractivity contribution >= 4 is 0 Å². The molecule has 0 radical (unpaired) electrons. The van der Waals surface area contributed by atoms with Crippen LogP contribution in [0.15, 0.2) is 18.5 Å². The van der Waals surface area contributed by atoms with Gasteiger partial charge in [0, 0.05) is 12.2 Å². The highest BCUT2D eigenvalue weighted by Gasteiger charge is 2.37. The van der Waals surface area contributed by atoms with Crippen molar-refractivity contribution in [1.29, 1.82) is 0 Å². The summed E-state index contributed by atoms with van der Waals surface area (Å²) in [5.74, 6) is 2.59. The molecule has 2 fully saturated rings. The number of nitrogens with zero attached hydrogens (tertiary/aromatic N) is 2. The summed E-state index contributed by atoms with van der Waals surface area (Å²) in [6.45, 7) is 4.29. The van der Waals surface area contributed by atoms with E-state index in [0.29, 0.717) is 6.04 Å². The maximum absolute atomic E-state index is 5.98. The Labute approximate surface area is 154 Å². The summed E-state index contributed by atoms with van der Waals surface area (Å²) in [6, 6.07) is 2.83. The van der Waals surface area contributed by atoms with Crippen molar-refractivity contribution in [3.05, 3.63) is 24.0 Å².